The van der Waals surface area contributed by atoms with Crippen molar-refractivity contribution in [2.24, 2.45) is 22.6 Å². The van der Waals surface area contributed by atoms with E-state index in [1.165, 1.54) is 30.0 Å². The second-order valence-corrected chi connectivity index (χ2v) is 17.5. The summed E-state index contributed by atoms with van der Waals surface area (Å²) >= 11 is 0. The molecule has 2 fully saturated rings. The van der Waals surface area contributed by atoms with Crippen LogP contribution in [0, 0.1) is 11.8 Å². The molecule has 4 unspecified atom stereocenters. The molecule has 3 heterocycles. The van der Waals surface area contributed by atoms with Crippen molar-refractivity contribution in [3.05, 3.63) is 77.7 Å². The molecule has 62 heavy (non-hydrogen) atoms. The van der Waals surface area contributed by atoms with Gasteiger partial charge in [0.1, 0.15) is 30.2 Å². The molecule has 1 aromatic carbocycles. The van der Waals surface area contributed by atoms with E-state index in [4.69, 9.17) is 15.6 Å². The van der Waals surface area contributed by atoms with Gasteiger partial charge in [-0.15, -0.1) is 0 Å². The van der Waals surface area contributed by atoms with Crippen LogP contribution in [-0.2, 0) is 25.2 Å². The molecule has 2 amide bonds. The molecule has 2 aromatic heterocycles. The molecule has 3 aromatic rings. The number of allylic oxidation sites excluding steroid dienone is 2. The van der Waals surface area contributed by atoms with E-state index in [-0.39, 0.29) is 36.2 Å². The van der Waals surface area contributed by atoms with E-state index >= 15 is 4.39 Å². The Morgan fingerprint density at radius 3 is 2.61 bits per heavy atom. The van der Waals surface area contributed by atoms with Crippen molar-refractivity contribution in [1.29, 1.82) is 0 Å². The summed E-state index contributed by atoms with van der Waals surface area (Å²) in [6.45, 7) is 6.49. The number of ether oxygens (including phenoxy) is 1. The van der Waals surface area contributed by atoms with E-state index in [1.54, 1.807) is 24.3 Å². The van der Waals surface area contributed by atoms with Gasteiger partial charge in [-0.1, -0.05) is 36.8 Å². The number of benzene rings is 1. The first-order chi connectivity index (χ1) is 30.0. The maximum Gasteiger partial charge on any atom is 0.230 e. The van der Waals surface area contributed by atoms with Gasteiger partial charge in [0.05, 0.1) is 40.3 Å². The van der Waals surface area contributed by atoms with E-state index < -0.39 is 34.0 Å². The van der Waals surface area contributed by atoms with Crippen LogP contribution in [0.3, 0.4) is 0 Å². The quantitative estimate of drug-likeness (QED) is 0.0545. The fourth-order valence-corrected chi connectivity index (χ4v) is 9.22. The standard InChI is InChI=1S/C28H32FN7O2S.C16H24N2O3.CH4O/c1-17(2)38-26-25(20-14-33-34-15-20)31-16-32-27(26)36-28(30)35-24-10-9-22(13-23(24)29)39(37)21-8-4-7-19(12-21)11-18-5-3-6-18;1-3-11-4-6-14-12(8-11)9-18(16(14)21)13(10-19)5-7-15(20)17-2;1-2/h4,7-8,11-17,22,24H,3,5-6,9-10H2,1-2H3,(H,33,34)(H3,30,31,32,35,36);8,10-11,13-14H,3-7,9H2,1-2H3,(H,17,20);2H,1H3/t;11-,13+,14?;/m.0./s1. The average molecular weight is 874 g/mol. The Kier molecular flexibility index (Phi) is 17.7. The number of halogens is 1. The third-order valence-corrected chi connectivity index (χ3v) is 12.9. The Morgan fingerprint density at radius 2 is 1.97 bits per heavy atom. The Balaban J connectivity index is 0.000000267. The number of nitrogens with one attached hydrogen (secondary N) is 3. The zero-order chi connectivity index (χ0) is 44.8. The molecule has 17 heteroatoms. The number of H-pyrrole nitrogens is 1. The number of anilines is 1. The zero-order valence-corrected chi connectivity index (χ0v) is 37.0. The highest BCUT2D eigenvalue weighted by atomic mass is 32.2. The minimum atomic E-state index is -1.37. The molecule has 1 aliphatic heterocycles. The smallest absolute Gasteiger partial charge is 0.230 e. The number of aliphatic hydroxyl groups excluding tert-OH is 1. The Labute approximate surface area is 365 Å². The lowest BCUT2D eigenvalue weighted by Gasteiger charge is -2.23. The van der Waals surface area contributed by atoms with E-state index in [9.17, 15) is 18.6 Å². The lowest BCUT2D eigenvalue weighted by Crippen LogP contribution is -2.39. The molecular weight excluding hydrogens is 814 g/mol. The minimum Gasteiger partial charge on any atom is -0.485 e. The molecule has 4 aliphatic rings. The summed E-state index contributed by atoms with van der Waals surface area (Å²) in [5.74, 6) is 0.730. The highest BCUT2D eigenvalue weighted by molar-refractivity contribution is 7.85. The van der Waals surface area contributed by atoms with Crippen molar-refractivity contribution in [2.75, 3.05) is 26.0 Å². The summed E-state index contributed by atoms with van der Waals surface area (Å²) in [6, 6.07) is 6.44. The summed E-state index contributed by atoms with van der Waals surface area (Å²) in [7, 11) is 1.21. The first kappa shape index (κ1) is 47.5. The Morgan fingerprint density at radius 1 is 1.18 bits per heavy atom. The normalized spacial score (nSPS) is 21.7. The first-order valence-corrected chi connectivity index (χ1v) is 22.5. The van der Waals surface area contributed by atoms with Gasteiger partial charge in [-0.05, 0) is 107 Å². The number of carbonyl (C=O) groups is 3. The summed E-state index contributed by atoms with van der Waals surface area (Å²) in [5.41, 5.74) is 11.0. The van der Waals surface area contributed by atoms with Gasteiger partial charge in [-0.3, -0.25) is 18.9 Å². The van der Waals surface area contributed by atoms with Crippen molar-refractivity contribution >= 4 is 46.8 Å². The van der Waals surface area contributed by atoms with Gasteiger partial charge in [0.25, 0.3) is 0 Å². The van der Waals surface area contributed by atoms with E-state index in [0.717, 1.165) is 56.6 Å². The Bertz CT molecular complexity index is 2150. The largest absolute Gasteiger partial charge is 0.485 e. The molecule has 6 atom stereocenters. The van der Waals surface area contributed by atoms with E-state index in [1.807, 2.05) is 38.1 Å². The number of guanidine groups is 1. The SMILES string of the molecule is CC(C)Oc1c(NC(N)=NC2CCC(S(=O)c3cccc(C=C4CCC4)c3)C=C2F)ncnc1-c1cn[nH]c1.CC[C@@H]1C=C2CN([C@@H](C=O)CCC(=O)NC)C(=O)C2CC1.CO. The van der Waals surface area contributed by atoms with Crippen LogP contribution >= 0.6 is 0 Å². The number of nitrogens with zero attached hydrogens (tertiary/aromatic N) is 5. The second-order valence-electron chi connectivity index (χ2n) is 15.8. The highest BCUT2D eigenvalue weighted by Crippen LogP contribution is 2.38. The summed E-state index contributed by atoms with van der Waals surface area (Å²) in [4.78, 5) is 50.4. The van der Waals surface area contributed by atoms with Crippen molar-refractivity contribution in [2.45, 2.75) is 113 Å². The van der Waals surface area contributed by atoms with Crippen molar-refractivity contribution < 1.29 is 32.8 Å². The molecule has 334 valence electrons. The maximum absolute atomic E-state index is 15.1. The lowest BCUT2D eigenvalue weighted by molar-refractivity contribution is -0.136. The fourth-order valence-electron chi connectivity index (χ4n) is 7.80. The molecule has 7 rings (SSSR count). The number of aliphatic imine (C=N–C) groups is 1. The summed E-state index contributed by atoms with van der Waals surface area (Å²) in [6.07, 6.45) is 19.2. The van der Waals surface area contributed by atoms with Crippen LogP contribution in [-0.4, -0.2) is 103 Å². The van der Waals surface area contributed by atoms with Gasteiger partial charge >= 0.3 is 0 Å². The predicted octanol–water partition coefficient (Wildman–Crippen LogP) is 6.03. The van der Waals surface area contributed by atoms with Gasteiger partial charge in [-0.2, -0.15) is 5.10 Å². The van der Waals surface area contributed by atoms with Crippen LogP contribution < -0.4 is 21.1 Å². The number of aliphatic hydroxyl groups is 1. The van der Waals surface area contributed by atoms with Crippen LogP contribution in [0.15, 0.2) is 82.0 Å². The Hall–Kier alpha value is -5.55. The van der Waals surface area contributed by atoms with Gasteiger partial charge in [-0.25, -0.2) is 19.4 Å². The number of amides is 2. The average Bonchev–Trinajstić information content (AvgIpc) is 3.92. The number of carbonyl (C=O) groups excluding carboxylic acids is 3. The number of hydrogen-bond donors (Lipinski definition) is 5. The molecule has 1 saturated heterocycles. The number of rotatable bonds is 14. The highest BCUT2D eigenvalue weighted by Gasteiger charge is 2.41. The number of aldehydes is 1. The zero-order valence-electron chi connectivity index (χ0n) is 36.2. The molecule has 6 N–H and O–H groups in total. The first-order valence-electron chi connectivity index (χ1n) is 21.3. The summed E-state index contributed by atoms with van der Waals surface area (Å²) < 4.78 is 34.4. The fraction of sp³-hybridized carbons (Fsp3) is 0.489. The lowest BCUT2D eigenvalue weighted by atomic mass is 9.83. The predicted molar refractivity (Wildman–Crippen MR) is 239 cm³/mol. The van der Waals surface area contributed by atoms with E-state index in [2.05, 4.69) is 54.9 Å². The number of likely N-dealkylation sites (tertiary alicyclic amines) is 1. The van der Waals surface area contributed by atoms with Crippen LogP contribution in [0.25, 0.3) is 17.3 Å². The van der Waals surface area contributed by atoms with Crippen molar-refractivity contribution in [3.8, 4) is 17.0 Å². The van der Waals surface area contributed by atoms with Crippen LogP contribution in [0.2, 0.25) is 0 Å². The third-order valence-electron chi connectivity index (χ3n) is 11.3. The molecule has 3 aliphatic carbocycles. The van der Waals surface area contributed by atoms with E-state index in [0.29, 0.717) is 53.9 Å². The van der Waals surface area contributed by atoms with Gasteiger partial charge in [0, 0.05) is 43.8 Å². The number of aromatic nitrogens is 4. The van der Waals surface area contributed by atoms with Crippen molar-refractivity contribution in [1.82, 2.24) is 30.4 Å². The monoisotopic (exact) mass is 873 g/mol. The van der Waals surface area contributed by atoms with Gasteiger partial charge in [0.2, 0.25) is 11.8 Å². The maximum atomic E-state index is 15.1. The van der Waals surface area contributed by atoms with Crippen LogP contribution in [0.5, 0.6) is 5.75 Å². The molecule has 0 bridgehead atoms. The topological polar surface area (TPSA) is 218 Å². The second kappa shape index (κ2) is 23.1. The van der Waals surface area contributed by atoms with Crippen LogP contribution in [0.4, 0.5) is 10.2 Å². The number of fused-ring (bicyclic) bond motifs is 1. The molecule has 15 nitrogen and oxygen atoms in total. The van der Waals surface area contributed by atoms with Crippen molar-refractivity contribution in [3.63, 3.8) is 0 Å². The third kappa shape index (κ3) is 12.3. The number of aromatic amines is 1. The number of nitrogens with two attached hydrogens (primary N) is 1. The number of hydrogen-bond acceptors (Lipinski definition) is 10. The van der Waals surface area contributed by atoms with Gasteiger partial charge in [0.15, 0.2) is 17.5 Å². The molecule has 1 saturated carbocycles. The van der Waals surface area contributed by atoms with Crippen LogP contribution in [0.1, 0.15) is 90.5 Å². The molecular formula is C45H60FN9O6S. The minimum absolute atomic E-state index is 0.00898. The summed E-state index contributed by atoms with van der Waals surface area (Å²) in [5, 5.41) is 18.8. The van der Waals surface area contributed by atoms with Gasteiger partial charge < -0.3 is 35.9 Å². The molecule has 0 radical (unpaired) electrons. The molecule has 0 spiro atoms.